The average molecular weight is 274 g/mol. The number of esters is 1. The molecule has 2 unspecified atom stereocenters. The van der Waals surface area contributed by atoms with Crippen molar-refractivity contribution in [3.05, 3.63) is 0 Å². The van der Waals surface area contributed by atoms with Crippen LogP contribution in [0.15, 0.2) is 0 Å². The Kier molecular flexibility index (Phi) is 8.32. The molecular formula is C12H22N2O5. The van der Waals surface area contributed by atoms with Gasteiger partial charge in [0, 0.05) is 6.04 Å². The van der Waals surface area contributed by atoms with Crippen LogP contribution < -0.4 is 10.6 Å². The maximum atomic E-state index is 11.4. The Balaban J connectivity index is 3.73. The summed E-state index contributed by atoms with van der Waals surface area (Å²) < 4.78 is 4.38. The Labute approximate surface area is 112 Å². The molecule has 19 heavy (non-hydrogen) atoms. The van der Waals surface area contributed by atoms with Crippen LogP contribution in [0.25, 0.3) is 0 Å². The van der Waals surface area contributed by atoms with Gasteiger partial charge in [0.1, 0.15) is 6.54 Å². The van der Waals surface area contributed by atoms with Gasteiger partial charge in [0.15, 0.2) is 0 Å². The van der Waals surface area contributed by atoms with E-state index in [1.165, 1.54) is 7.11 Å². The quantitative estimate of drug-likeness (QED) is 0.566. The molecule has 0 aliphatic heterocycles. The second-order valence-electron chi connectivity index (χ2n) is 4.47. The monoisotopic (exact) mass is 274 g/mol. The summed E-state index contributed by atoms with van der Waals surface area (Å²) in [5.41, 5.74) is 0. The van der Waals surface area contributed by atoms with E-state index in [4.69, 9.17) is 5.11 Å². The third-order valence-electron chi connectivity index (χ3n) is 2.69. The molecule has 7 nitrogen and oxygen atoms in total. The number of hydrogen-bond donors (Lipinski definition) is 3. The summed E-state index contributed by atoms with van der Waals surface area (Å²) in [4.78, 5) is 32.8. The van der Waals surface area contributed by atoms with Crippen molar-refractivity contribution >= 4 is 18.0 Å². The molecule has 0 aromatic heterocycles. The lowest BCUT2D eigenvalue weighted by Crippen LogP contribution is -2.42. The number of methoxy groups -OCH3 is 1. The molecular weight excluding hydrogens is 252 g/mol. The van der Waals surface area contributed by atoms with E-state index in [0.717, 1.165) is 0 Å². The van der Waals surface area contributed by atoms with Crippen molar-refractivity contribution in [2.45, 2.75) is 39.2 Å². The summed E-state index contributed by atoms with van der Waals surface area (Å²) in [6.07, 6.45) is 1.97. The van der Waals surface area contributed by atoms with Crippen LogP contribution in [0, 0.1) is 5.92 Å². The normalized spacial score (nSPS) is 13.2. The summed E-state index contributed by atoms with van der Waals surface area (Å²) in [7, 11) is 1.24. The molecule has 0 spiro atoms. The first kappa shape index (κ1) is 17.2. The average Bonchev–Trinajstić information content (AvgIpc) is 2.35. The van der Waals surface area contributed by atoms with Gasteiger partial charge in [-0.15, -0.1) is 0 Å². The summed E-state index contributed by atoms with van der Waals surface area (Å²) in [6.45, 7) is 3.30. The summed E-state index contributed by atoms with van der Waals surface area (Å²) in [6, 6.07) is -0.525. The van der Waals surface area contributed by atoms with Crippen LogP contribution in [0.5, 0.6) is 0 Å². The van der Waals surface area contributed by atoms with Crippen LogP contribution in [0.3, 0.4) is 0 Å². The van der Waals surface area contributed by atoms with Crippen molar-refractivity contribution < 1.29 is 24.2 Å². The SMILES string of the molecule is COC(=O)CNC(=O)NC(C)CCCC(C)C(=O)O. The van der Waals surface area contributed by atoms with Gasteiger partial charge in [0.2, 0.25) is 0 Å². The third kappa shape index (κ3) is 8.87. The van der Waals surface area contributed by atoms with Crippen LogP contribution in [-0.2, 0) is 14.3 Å². The molecule has 0 saturated carbocycles. The van der Waals surface area contributed by atoms with E-state index in [0.29, 0.717) is 19.3 Å². The van der Waals surface area contributed by atoms with Gasteiger partial charge in [-0.05, 0) is 19.8 Å². The topological polar surface area (TPSA) is 105 Å². The molecule has 0 rings (SSSR count). The van der Waals surface area contributed by atoms with E-state index < -0.39 is 18.0 Å². The van der Waals surface area contributed by atoms with E-state index in [-0.39, 0.29) is 18.5 Å². The van der Waals surface area contributed by atoms with E-state index in [1.54, 1.807) is 6.92 Å². The lowest BCUT2D eigenvalue weighted by Gasteiger charge is -2.14. The van der Waals surface area contributed by atoms with E-state index in [9.17, 15) is 14.4 Å². The molecule has 3 N–H and O–H groups in total. The minimum absolute atomic E-state index is 0.0846. The minimum Gasteiger partial charge on any atom is -0.481 e. The fraction of sp³-hybridized carbons (Fsp3) is 0.750. The van der Waals surface area contributed by atoms with Gasteiger partial charge < -0.3 is 20.5 Å². The highest BCUT2D eigenvalue weighted by atomic mass is 16.5. The van der Waals surface area contributed by atoms with Crippen molar-refractivity contribution in [2.24, 2.45) is 5.92 Å². The standard InChI is InChI=1S/C12H22N2O5/c1-8(11(16)17)5-4-6-9(2)14-12(18)13-7-10(15)19-3/h8-9H,4-7H2,1-3H3,(H,16,17)(H2,13,14,18). The molecule has 0 heterocycles. The van der Waals surface area contributed by atoms with Crippen LogP contribution in [0.4, 0.5) is 4.79 Å². The van der Waals surface area contributed by atoms with Crippen LogP contribution in [-0.4, -0.2) is 42.8 Å². The lowest BCUT2D eigenvalue weighted by molar-refractivity contribution is -0.141. The van der Waals surface area contributed by atoms with Gasteiger partial charge in [0.25, 0.3) is 0 Å². The zero-order valence-electron chi connectivity index (χ0n) is 11.6. The summed E-state index contributed by atoms with van der Waals surface area (Å²) in [5, 5.41) is 13.7. The van der Waals surface area contributed by atoms with E-state index in [2.05, 4.69) is 15.4 Å². The van der Waals surface area contributed by atoms with Gasteiger partial charge in [-0.3, -0.25) is 9.59 Å². The number of amides is 2. The molecule has 2 atom stereocenters. The molecule has 0 aliphatic carbocycles. The number of carboxylic acid groups (broad SMARTS) is 1. The number of aliphatic carboxylic acids is 1. The molecule has 110 valence electrons. The Morgan fingerprint density at radius 3 is 2.37 bits per heavy atom. The maximum absolute atomic E-state index is 11.4. The Bertz CT molecular complexity index is 319. The van der Waals surface area contributed by atoms with E-state index in [1.807, 2.05) is 6.92 Å². The number of rotatable bonds is 8. The zero-order chi connectivity index (χ0) is 14.8. The number of ether oxygens (including phenoxy) is 1. The van der Waals surface area contributed by atoms with Gasteiger partial charge in [-0.1, -0.05) is 13.3 Å². The molecule has 7 heteroatoms. The minimum atomic E-state index is -0.809. The predicted molar refractivity (Wildman–Crippen MR) is 68.7 cm³/mol. The Morgan fingerprint density at radius 1 is 1.21 bits per heavy atom. The number of carbonyl (C=O) groups excluding carboxylic acids is 2. The Morgan fingerprint density at radius 2 is 1.84 bits per heavy atom. The van der Waals surface area contributed by atoms with Gasteiger partial charge >= 0.3 is 18.0 Å². The fourth-order valence-corrected chi connectivity index (χ4v) is 1.43. The predicted octanol–water partition coefficient (Wildman–Crippen LogP) is 0.738. The highest BCUT2D eigenvalue weighted by molar-refractivity contribution is 5.80. The van der Waals surface area contributed by atoms with Crippen molar-refractivity contribution in [1.82, 2.24) is 10.6 Å². The van der Waals surface area contributed by atoms with Crippen LogP contribution >= 0.6 is 0 Å². The van der Waals surface area contributed by atoms with Gasteiger partial charge in [0.05, 0.1) is 13.0 Å². The van der Waals surface area contributed by atoms with Gasteiger partial charge in [-0.25, -0.2) is 4.79 Å². The molecule has 0 radical (unpaired) electrons. The molecule has 0 aromatic rings. The summed E-state index contributed by atoms with van der Waals surface area (Å²) in [5.74, 6) is -1.70. The number of urea groups is 1. The second-order valence-corrected chi connectivity index (χ2v) is 4.47. The number of nitrogens with one attached hydrogen (secondary N) is 2. The fourth-order valence-electron chi connectivity index (χ4n) is 1.43. The van der Waals surface area contributed by atoms with Crippen molar-refractivity contribution in [2.75, 3.05) is 13.7 Å². The lowest BCUT2D eigenvalue weighted by atomic mass is 10.0. The molecule has 0 aliphatic rings. The molecule has 2 amide bonds. The second kappa shape index (κ2) is 9.18. The molecule has 0 aromatic carbocycles. The third-order valence-corrected chi connectivity index (χ3v) is 2.69. The zero-order valence-corrected chi connectivity index (χ0v) is 11.6. The number of hydrogen-bond acceptors (Lipinski definition) is 4. The van der Waals surface area contributed by atoms with Crippen LogP contribution in [0.2, 0.25) is 0 Å². The van der Waals surface area contributed by atoms with Crippen LogP contribution in [0.1, 0.15) is 33.1 Å². The maximum Gasteiger partial charge on any atom is 0.325 e. The van der Waals surface area contributed by atoms with Crippen molar-refractivity contribution in [3.8, 4) is 0 Å². The Hall–Kier alpha value is -1.79. The van der Waals surface area contributed by atoms with Crippen molar-refractivity contribution in [3.63, 3.8) is 0 Å². The number of carboxylic acids is 1. The van der Waals surface area contributed by atoms with Gasteiger partial charge in [-0.2, -0.15) is 0 Å². The first-order valence-corrected chi connectivity index (χ1v) is 6.20. The number of carbonyl (C=O) groups is 3. The highest BCUT2D eigenvalue weighted by Gasteiger charge is 2.12. The first-order chi connectivity index (χ1) is 8.86. The van der Waals surface area contributed by atoms with E-state index >= 15 is 0 Å². The molecule has 0 bridgehead atoms. The molecule has 0 fully saturated rings. The first-order valence-electron chi connectivity index (χ1n) is 6.20. The smallest absolute Gasteiger partial charge is 0.325 e. The summed E-state index contributed by atoms with van der Waals surface area (Å²) >= 11 is 0. The highest BCUT2D eigenvalue weighted by Crippen LogP contribution is 2.09. The molecule has 0 saturated heterocycles. The van der Waals surface area contributed by atoms with Crippen molar-refractivity contribution in [1.29, 1.82) is 0 Å². The largest absolute Gasteiger partial charge is 0.481 e.